The summed E-state index contributed by atoms with van der Waals surface area (Å²) in [6, 6.07) is 4.52. The molecule has 2 aliphatic rings. The highest BCUT2D eigenvalue weighted by Gasteiger charge is 2.61. The van der Waals surface area contributed by atoms with E-state index in [1.54, 1.807) is 13.1 Å². The minimum atomic E-state index is -0.301. The lowest BCUT2D eigenvalue weighted by atomic mass is 9.87. The number of carbonyl (C=O) groups excluding carboxylic acids is 1. The number of nitrogens with zero attached hydrogens (tertiary/aromatic N) is 4. The summed E-state index contributed by atoms with van der Waals surface area (Å²) in [6.45, 7) is 0.830. The molecule has 1 aliphatic heterocycles. The van der Waals surface area contributed by atoms with Gasteiger partial charge in [-0.05, 0) is 41.5 Å². The van der Waals surface area contributed by atoms with Crippen LogP contribution in [0.25, 0.3) is 0 Å². The number of tetrazole rings is 1. The molecule has 1 fully saturated rings. The maximum Gasteiger partial charge on any atom is 0.224 e. The standard InChI is InChI=1S/C15H16FN5O2/c1-21-13(18-19-20-21)8-17-14(22)11-7-15(11)4-5-23-12-3-2-9(16)6-10(12)15/h2-3,6,11H,4-5,7-8H2,1H3,(H,17,22)/t11-,15-/m1/s1. The van der Waals surface area contributed by atoms with Crippen LogP contribution in [0.15, 0.2) is 18.2 Å². The SMILES string of the molecule is Cn1nnnc1CNC(=O)[C@H]1C[C@@]12CCOc1ccc(F)cc12. The topological polar surface area (TPSA) is 81.9 Å². The Morgan fingerprint density at radius 3 is 3.22 bits per heavy atom. The average Bonchev–Trinajstić information content (AvgIpc) is 3.11. The first-order chi connectivity index (χ1) is 11.1. The number of carbonyl (C=O) groups is 1. The van der Waals surface area contributed by atoms with Crippen LogP contribution >= 0.6 is 0 Å². The monoisotopic (exact) mass is 317 g/mol. The van der Waals surface area contributed by atoms with Crippen molar-refractivity contribution in [1.82, 2.24) is 25.5 Å². The summed E-state index contributed by atoms with van der Waals surface area (Å²) in [5.74, 6) is 0.764. The zero-order chi connectivity index (χ0) is 16.0. The Morgan fingerprint density at radius 2 is 2.43 bits per heavy atom. The Labute approximate surface area is 131 Å². The van der Waals surface area contributed by atoms with Crippen LogP contribution in [0, 0.1) is 11.7 Å². The smallest absolute Gasteiger partial charge is 0.224 e. The van der Waals surface area contributed by atoms with E-state index in [1.165, 1.54) is 16.8 Å². The molecule has 0 radical (unpaired) electrons. The van der Waals surface area contributed by atoms with Crippen LogP contribution in [-0.2, 0) is 23.8 Å². The summed E-state index contributed by atoms with van der Waals surface area (Å²) < 4.78 is 20.7. The van der Waals surface area contributed by atoms with Crippen molar-refractivity contribution in [3.63, 3.8) is 0 Å². The van der Waals surface area contributed by atoms with Gasteiger partial charge in [-0.15, -0.1) is 5.10 Å². The lowest BCUT2D eigenvalue weighted by molar-refractivity contribution is -0.123. The number of hydrogen-bond donors (Lipinski definition) is 1. The Balaban J connectivity index is 1.50. The van der Waals surface area contributed by atoms with Gasteiger partial charge in [0, 0.05) is 23.9 Å². The van der Waals surface area contributed by atoms with E-state index in [0.717, 1.165) is 18.4 Å². The van der Waals surface area contributed by atoms with Crippen LogP contribution in [0.4, 0.5) is 4.39 Å². The maximum absolute atomic E-state index is 13.6. The van der Waals surface area contributed by atoms with Crippen LogP contribution in [0.3, 0.4) is 0 Å². The fourth-order valence-corrected chi connectivity index (χ4v) is 3.40. The van der Waals surface area contributed by atoms with Crippen LogP contribution in [-0.4, -0.2) is 32.7 Å². The third-order valence-corrected chi connectivity index (χ3v) is 4.80. The maximum atomic E-state index is 13.6. The van der Waals surface area contributed by atoms with Crippen LogP contribution in [0.1, 0.15) is 24.2 Å². The first kappa shape index (κ1) is 14.1. The van der Waals surface area contributed by atoms with E-state index in [4.69, 9.17) is 4.74 Å². The summed E-state index contributed by atoms with van der Waals surface area (Å²) >= 11 is 0. The molecule has 23 heavy (non-hydrogen) atoms. The predicted molar refractivity (Wildman–Crippen MR) is 76.9 cm³/mol. The van der Waals surface area contributed by atoms with Gasteiger partial charge in [0.25, 0.3) is 0 Å². The van der Waals surface area contributed by atoms with Gasteiger partial charge in [-0.1, -0.05) is 0 Å². The Bertz CT molecular complexity index is 777. The first-order valence-corrected chi connectivity index (χ1v) is 7.52. The highest BCUT2D eigenvalue weighted by atomic mass is 19.1. The largest absolute Gasteiger partial charge is 0.493 e. The van der Waals surface area contributed by atoms with Crippen molar-refractivity contribution in [1.29, 1.82) is 0 Å². The van der Waals surface area contributed by atoms with Crippen molar-refractivity contribution in [3.05, 3.63) is 35.4 Å². The minimum absolute atomic E-state index is 0.0508. The molecule has 7 nitrogen and oxygen atoms in total. The number of rotatable bonds is 3. The van der Waals surface area contributed by atoms with Gasteiger partial charge in [-0.25, -0.2) is 9.07 Å². The molecule has 0 saturated heterocycles. The summed E-state index contributed by atoms with van der Waals surface area (Å²) in [7, 11) is 1.72. The van der Waals surface area contributed by atoms with Gasteiger partial charge in [0.2, 0.25) is 5.91 Å². The third-order valence-electron chi connectivity index (χ3n) is 4.80. The Morgan fingerprint density at radius 1 is 1.57 bits per heavy atom. The van der Waals surface area contributed by atoms with Crippen LogP contribution in [0.5, 0.6) is 5.75 Å². The predicted octanol–water partition coefficient (Wildman–Crippen LogP) is 0.706. The molecule has 1 aromatic carbocycles. The van der Waals surface area contributed by atoms with E-state index >= 15 is 0 Å². The zero-order valence-electron chi connectivity index (χ0n) is 12.6. The molecule has 120 valence electrons. The second kappa shape index (κ2) is 5.00. The molecule has 1 saturated carbocycles. The molecule has 2 aromatic rings. The van der Waals surface area contributed by atoms with E-state index in [2.05, 4.69) is 20.8 Å². The number of halogens is 1. The number of hydrogen-bond acceptors (Lipinski definition) is 5. The normalized spacial score (nSPS) is 24.9. The van der Waals surface area contributed by atoms with E-state index in [9.17, 15) is 9.18 Å². The van der Waals surface area contributed by atoms with Gasteiger partial charge in [-0.2, -0.15) is 0 Å². The summed E-state index contributed by atoms with van der Waals surface area (Å²) in [6.07, 6.45) is 1.45. The zero-order valence-corrected chi connectivity index (χ0v) is 12.6. The summed E-state index contributed by atoms with van der Waals surface area (Å²) in [4.78, 5) is 12.5. The minimum Gasteiger partial charge on any atom is -0.493 e. The lowest BCUT2D eigenvalue weighted by Gasteiger charge is -2.26. The van der Waals surface area contributed by atoms with E-state index < -0.39 is 0 Å². The van der Waals surface area contributed by atoms with E-state index in [-0.39, 0.29) is 29.6 Å². The number of aryl methyl sites for hydroxylation is 1. The number of amides is 1. The highest BCUT2D eigenvalue weighted by molar-refractivity contribution is 5.84. The molecule has 1 amide bonds. The molecule has 0 unspecified atom stereocenters. The molecule has 8 heteroatoms. The van der Waals surface area contributed by atoms with Gasteiger partial charge in [0.05, 0.1) is 13.2 Å². The van der Waals surface area contributed by atoms with Crippen LogP contribution < -0.4 is 10.1 Å². The molecule has 1 spiro atoms. The molecule has 2 atom stereocenters. The van der Waals surface area contributed by atoms with Gasteiger partial charge in [0.1, 0.15) is 11.6 Å². The number of benzene rings is 1. The lowest BCUT2D eigenvalue weighted by Crippen LogP contribution is -2.31. The van der Waals surface area contributed by atoms with Gasteiger partial charge < -0.3 is 10.1 Å². The third kappa shape index (κ3) is 2.25. The molecule has 1 N–H and O–H groups in total. The van der Waals surface area contributed by atoms with Crippen molar-refractivity contribution in [2.45, 2.75) is 24.8 Å². The Kier molecular flexibility index (Phi) is 3.07. The molecule has 1 aromatic heterocycles. The first-order valence-electron chi connectivity index (χ1n) is 7.52. The van der Waals surface area contributed by atoms with Gasteiger partial charge >= 0.3 is 0 Å². The van der Waals surface area contributed by atoms with E-state index in [1.807, 2.05) is 0 Å². The van der Waals surface area contributed by atoms with Crippen molar-refractivity contribution < 1.29 is 13.9 Å². The second-order valence-corrected chi connectivity index (χ2v) is 6.09. The fraction of sp³-hybridized carbons (Fsp3) is 0.467. The highest BCUT2D eigenvalue weighted by Crippen LogP contribution is 2.60. The Hall–Kier alpha value is -2.51. The molecule has 1 aliphatic carbocycles. The van der Waals surface area contributed by atoms with Gasteiger partial charge in [0.15, 0.2) is 5.82 Å². The molecular weight excluding hydrogens is 301 g/mol. The van der Waals surface area contributed by atoms with Gasteiger partial charge in [-0.3, -0.25) is 4.79 Å². The van der Waals surface area contributed by atoms with Crippen LogP contribution in [0.2, 0.25) is 0 Å². The summed E-state index contributed by atoms with van der Waals surface area (Å²) in [5.41, 5.74) is 0.516. The average molecular weight is 317 g/mol. The van der Waals surface area contributed by atoms with Crippen molar-refractivity contribution in [2.75, 3.05) is 6.61 Å². The van der Waals surface area contributed by atoms with Crippen molar-refractivity contribution in [3.8, 4) is 5.75 Å². The number of fused-ring (bicyclic) bond motifs is 2. The number of aromatic nitrogens is 4. The molecular formula is C15H16FN5O2. The quantitative estimate of drug-likeness (QED) is 0.901. The molecule has 4 rings (SSSR count). The van der Waals surface area contributed by atoms with Crippen molar-refractivity contribution in [2.24, 2.45) is 13.0 Å². The molecule has 0 bridgehead atoms. The second-order valence-electron chi connectivity index (χ2n) is 6.09. The van der Waals surface area contributed by atoms with Crippen molar-refractivity contribution >= 4 is 5.91 Å². The summed E-state index contributed by atoms with van der Waals surface area (Å²) in [5, 5.41) is 14.0. The van der Waals surface area contributed by atoms with E-state index in [0.29, 0.717) is 18.2 Å². The fourth-order valence-electron chi connectivity index (χ4n) is 3.40. The molecule has 2 heterocycles. The number of nitrogens with one attached hydrogen (secondary N) is 1. The number of ether oxygens (including phenoxy) is 1.